The fraction of sp³-hybridized carbons (Fsp3) is 0.947. The van der Waals surface area contributed by atoms with Gasteiger partial charge in [0.15, 0.2) is 0 Å². The number of carbonyl (C=O) groups is 1. The number of rotatable bonds is 6. The van der Waals surface area contributed by atoms with Crippen LogP contribution in [0.2, 0.25) is 0 Å². The smallest absolute Gasteiger partial charge is 0.237 e. The Bertz CT molecular complexity index is 536. The number of alkyl halides is 1. The third-order valence-corrected chi connectivity index (χ3v) is 7.46. The third-order valence-electron chi connectivity index (χ3n) is 6.33. The van der Waals surface area contributed by atoms with Crippen molar-refractivity contribution in [1.82, 2.24) is 10.6 Å². The second-order valence-corrected chi connectivity index (χ2v) is 9.98. The summed E-state index contributed by atoms with van der Waals surface area (Å²) in [5.41, 5.74) is -0.700. The Kier molecular flexibility index (Phi) is 7.92. The average Bonchev–Trinajstić information content (AvgIpc) is 3.50. The van der Waals surface area contributed by atoms with Gasteiger partial charge in [0.25, 0.3) is 0 Å². The summed E-state index contributed by atoms with van der Waals surface area (Å²) in [5, 5.41) is 36.4. The molecule has 3 aliphatic rings. The van der Waals surface area contributed by atoms with Crippen molar-refractivity contribution in [2.45, 2.75) is 86.3 Å². The van der Waals surface area contributed by atoms with Crippen LogP contribution >= 0.6 is 23.4 Å². The monoisotopic (exact) mass is 436 g/mol. The summed E-state index contributed by atoms with van der Waals surface area (Å²) < 4.78 is 5.81. The summed E-state index contributed by atoms with van der Waals surface area (Å²) >= 11 is 7.57. The van der Waals surface area contributed by atoms with Gasteiger partial charge in [-0.2, -0.15) is 0 Å². The SMILES string of the molecule is CS[C@H]1O[C@H]([C@H](NC(=O)[C@@H]2CCC(C3CC3)CCN2)[C@H](C)Cl)[C@H](O)[C@H](O)[C@H]1O. The first kappa shape index (κ1) is 22.6. The lowest BCUT2D eigenvalue weighted by Gasteiger charge is -2.44. The van der Waals surface area contributed by atoms with Crippen LogP contribution < -0.4 is 10.6 Å². The molecule has 2 heterocycles. The van der Waals surface area contributed by atoms with E-state index in [1.807, 2.05) is 0 Å². The van der Waals surface area contributed by atoms with Crippen LogP contribution in [0.15, 0.2) is 0 Å². The maximum atomic E-state index is 12.9. The number of hydrogen-bond donors (Lipinski definition) is 5. The van der Waals surface area contributed by atoms with Crippen molar-refractivity contribution >= 4 is 29.3 Å². The number of carbonyl (C=O) groups excluding carboxylic acids is 1. The molecule has 1 unspecified atom stereocenters. The molecule has 9 atom stereocenters. The Hall–Kier alpha value is -0.0900. The highest BCUT2D eigenvalue weighted by atomic mass is 35.5. The molecule has 1 saturated carbocycles. The molecule has 1 amide bonds. The minimum atomic E-state index is -1.36. The predicted molar refractivity (Wildman–Crippen MR) is 109 cm³/mol. The highest BCUT2D eigenvalue weighted by Gasteiger charge is 2.48. The zero-order valence-electron chi connectivity index (χ0n) is 16.5. The van der Waals surface area contributed by atoms with Gasteiger partial charge in [0.05, 0.1) is 17.5 Å². The number of ether oxygens (including phenoxy) is 1. The van der Waals surface area contributed by atoms with Crippen LogP contribution in [-0.4, -0.2) is 81.3 Å². The summed E-state index contributed by atoms with van der Waals surface area (Å²) in [6, 6.07) is -0.987. The van der Waals surface area contributed by atoms with Crippen molar-refractivity contribution in [3.63, 3.8) is 0 Å². The van der Waals surface area contributed by atoms with E-state index in [9.17, 15) is 20.1 Å². The van der Waals surface area contributed by atoms with Gasteiger partial charge < -0.3 is 30.7 Å². The van der Waals surface area contributed by atoms with E-state index in [4.69, 9.17) is 16.3 Å². The van der Waals surface area contributed by atoms with Gasteiger partial charge in [-0.05, 0) is 63.7 Å². The molecule has 5 N–H and O–H groups in total. The number of aliphatic hydroxyl groups is 3. The molecule has 7 nitrogen and oxygen atoms in total. The Balaban J connectivity index is 1.64. The van der Waals surface area contributed by atoms with E-state index >= 15 is 0 Å². The molecule has 2 aliphatic heterocycles. The highest BCUT2D eigenvalue weighted by molar-refractivity contribution is 7.99. The number of amides is 1. The Morgan fingerprint density at radius 2 is 1.75 bits per heavy atom. The van der Waals surface area contributed by atoms with Gasteiger partial charge >= 0.3 is 0 Å². The van der Waals surface area contributed by atoms with Gasteiger partial charge in [0.1, 0.15) is 29.9 Å². The third kappa shape index (κ3) is 5.14. The van der Waals surface area contributed by atoms with Gasteiger partial charge in [-0.25, -0.2) is 0 Å². The molecule has 0 radical (unpaired) electrons. The second-order valence-electron chi connectivity index (χ2n) is 8.36. The van der Waals surface area contributed by atoms with Crippen molar-refractivity contribution in [3.05, 3.63) is 0 Å². The normalized spacial score (nSPS) is 41.7. The van der Waals surface area contributed by atoms with Gasteiger partial charge in [-0.3, -0.25) is 4.79 Å². The summed E-state index contributed by atoms with van der Waals surface area (Å²) in [7, 11) is 0. The van der Waals surface area contributed by atoms with E-state index in [0.29, 0.717) is 5.92 Å². The minimum absolute atomic E-state index is 0.161. The summed E-state index contributed by atoms with van der Waals surface area (Å²) in [5.74, 6) is 1.38. The van der Waals surface area contributed by atoms with Crippen molar-refractivity contribution in [2.24, 2.45) is 11.8 Å². The van der Waals surface area contributed by atoms with Gasteiger partial charge in [0.2, 0.25) is 5.91 Å². The molecule has 2 saturated heterocycles. The van der Waals surface area contributed by atoms with Crippen LogP contribution in [0.3, 0.4) is 0 Å². The quantitative estimate of drug-likeness (QED) is 0.384. The van der Waals surface area contributed by atoms with E-state index in [1.165, 1.54) is 24.6 Å². The number of hydrogen-bond acceptors (Lipinski definition) is 7. The van der Waals surface area contributed by atoms with E-state index in [0.717, 1.165) is 31.7 Å². The topological polar surface area (TPSA) is 111 Å². The second kappa shape index (κ2) is 9.81. The van der Waals surface area contributed by atoms with Crippen molar-refractivity contribution < 1.29 is 24.9 Å². The van der Waals surface area contributed by atoms with Crippen LogP contribution in [0.25, 0.3) is 0 Å². The standard InChI is InChI=1S/C19H33ClN2O5S/c1-9(20)13(17-15(24)14(23)16(25)19(27-17)28-2)22-18(26)12-6-5-11(7-8-21-12)10-3-4-10/h9-17,19,21,23-25H,3-8H2,1-2H3,(H,22,26)/t9-,11?,12-,13+,14-,15+,16+,17+,19+/m0/s1. The summed E-state index contributed by atoms with van der Waals surface area (Å²) in [6.45, 7) is 2.54. The molecule has 0 bridgehead atoms. The number of aliphatic hydroxyl groups excluding tert-OH is 3. The molecular weight excluding hydrogens is 404 g/mol. The van der Waals surface area contributed by atoms with Crippen molar-refractivity contribution in [1.29, 1.82) is 0 Å². The number of halogens is 1. The van der Waals surface area contributed by atoms with Gasteiger partial charge in [-0.15, -0.1) is 23.4 Å². The predicted octanol–water partition coefficient (Wildman–Crippen LogP) is 0.437. The van der Waals surface area contributed by atoms with Gasteiger partial charge in [0, 0.05) is 0 Å². The Morgan fingerprint density at radius 3 is 2.36 bits per heavy atom. The van der Waals surface area contributed by atoms with Crippen LogP contribution in [0.1, 0.15) is 39.0 Å². The van der Waals surface area contributed by atoms with Gasteiger partial charge in [-0.1, -0.05) is 0 Å². The van der Waals surface area contributed by atoms with Crippen LogP contribution in [-0.2, 0) is 9.53 Å². The molecule has 0 aromatic rings. The van der Waals surface area contributed by atoms with E-state index in [2.05, 4.69) is 10.6 Å². The molecule has 3 fully saturated rings. The first-order valence-corrected chi connectivity index (χ1v) is 12.0. The molecule has 1 aliphatic carbocycles. The summed E-state index contributed by atoms with van der Waals surface area (Å²) in [4.78, 5) is 12.9. The number of thioether (sulfide) groups is 1. The van der Waals surface area contributed by atoms with E-state index in [1.54, 1.807) is 13.2 Å². The fourth-order valence-corrected chi connectivity index (χ4v) is 5.31. The van der Waals surface area contributed by atoms with Crippen molar-refractivity contribution in [3.8, 4) is 0 Å². The zero-order valence-corrected chi connectivity index (χ0v) is 18.0. The van der Waals surface area contributed by atoms with Crippen LogP contribution in [0, 0.1) is 11.8 Å². The van der Waals surface area contributed by atoms with E-state index < -0.39 is 41.3 Å². The van der Waals surface area contributed by atoms with Crippen LogP contribution in [0.4, 0.5) is 0 Å². The fourth-order valence-electron chi connectivity index (χ4n) is 4.42. The lowest BCUT2D eigenvalue weighted by Crippen LogP contribution is -2.65. The lowest BCUT2D eigenvalue weighted by atomic mass is 9.92. The zero-order chi connectivity index (χ0) is 20.4. The highest BCUT2D eigenvalue weighted by Crippen LogP contribution is 2.41. The molecule has 162 valence electrons. The molecular formula is C19H33ClN2O5S. The summed E-state index contributed by atoms with van der Waals surface area (Å²) in [6.07, 6.45) is 2.49. The molecule has 3 rings (SSSR count). The average molecular weight is 437 g/mol. The molecule has 0 aromatic heterocycles. The van der Waals surface area contributed by atoms with Crippen LogP contribution in [0.5, 0.6) is 0 Å². The molecule has 0 aromatic carbocycles. The van der Waals surface area contributed by atoms with Crippen molar-refractivity contribution in [2.75, 3.05) is 12.8 Å². The maximum Gasteiger partial charge on any atom is 0.237 e. The number of nitrogens with one attached hydrogen (secondary N) is 2. The molecule has 9 heteroatoms. The maximum absolute atomic E-state index is 12.9. The molecule has 28 heavy (non-hydrogen) atoms. The Labute approximate surface area is 175 Å². The first-order chi connectivity index (χ1) is 13.3. The van der Waals surface area contributed by atoms with E-state index in [-0.39, 0.29) is 11.9 Å². The Morgan fingerprint density at radius 1 is 1.11 bits per heavy atom. The minimum Gasteiger partial charge on any atom is -0.388 e. The largest absolute Gasteiger partial charge is 0.388 e. The molecule has 0 spiro atoms. The first-order valence-electron chi connectivity index (χ1n) is 10.2. The lowest BCUT2D eigenvalue weighted by molar-refractivity contribution is -0.205.